The number of carbonyl (C=O) groups is 2. The van der Waals surface area contributed by atoms with Crippen molar-refractivity contribution < 1.29 is 22.7 Å². The molecular weight excluding hydrogens is 451 g/mol. The van der Waals surface area contributed by atoms with Crippen LogP contribution in [0.25, 0.3) is 0 Å². The number of nitrogens with zero attached hydrogens (tertiary/aromatic N) is 1. The number of nitrogens with one attached hydrogen (secondary N) is 1. The first-order chi connectivity index (χ1) is 14.1. The number of hydrogen-bond acceptors (Lipinski definition) is 5. The molecule has 2 aromatic carbocycles. The summed E-state index contributed by atoms with van der Waals surface area (Å²) < 4.78 is 31.5. The number of amides is 1. The van der Waals surface area contributed by atoms with Gasteiger partial charge in [0.25, 0.3) is 5.91 Å². The van der Waals surface area contributed by atoms with E-state index in [-0.39, 0.29) is 15.5 Å². The number of carbonyl (C=O) groups excluding carboxylic acids is 2. The zero-order valence-corrected chi connectivity index (χ0v) is 19.0. The lowest BCUT2D eigenvalue weighted by Gasteiger charge is -2.18. The predicted octanol–water partition coefficient (Wildman–Crippen LogP) is 4.21. The highest BCUT2D eigenvalue weighted by molar-refractivity contribution is 7.89. The van der Waals surface area contributed by atoms with Crippen molar-refractivity contribution in [2.24, 2.45) is 0 Å². The Kier molecular flexibility index (Phi) is 8.25. The molecule has 10 heteroatoms. The average Bonchev–Trinajstić information content (AvgIpc) is 2.70. The minimum Gasteiger partial charge on any atom is -0.449 e. The first-order valence-corrected chi connectivity index (χ1v) is 11.4. The number of halogens is 2. The van der Waals surface area contributed by atoms with E-state index in [1.54, 1.807) is 19.9 Å². The maximum atomic E-state index is 12.5. The molecule has 0 spiro atoms. The number of anilines is 1. The largest absolute Gasteiger partial charge is 0.449 e. The van der Waals surface area contributed by atoms with Crippen LogP contribution in [0.15, 0.2) is 47.4 Å². The minimum atomic E-state index is -3.63. The van der Waals surface area contributed by atoms with Gasteiger partial charge in [-0.15, -0.1) is 0 Å². The highest BCUT2D eigenvalue weighted by Crippen LogP contribution is 2.25. The molecule has 162 valence electrons. The van der Waals surface area contributed by atoms with Gasteiger partial charge in [0, 0.05) is 18.1 Å². The lowest BCUT2D eigenvalue weighted by atomic mass is 10.2. The van der Waals surface area contributed by atoms with Gasteiger partial charge in [0.1, 0.15) is 0 Å². The molecule has 0 saturated heterocycles. The summed E-state index contributed by atoms with van der Waals surface area (Å²) in [7, 11) is -3.63. The summed E-state index contributed by atoms with van der Waals surface area (Å²) in [4.78, 5) is 24.7. The van der Waals surface area contributed by atoms with Gasteiger partial charge >= 0.3 is 5.97 Å². The van der Waals surface area contributed by atoms with Crippen LogP contribution in [0.3, 0.4) is 0 Å². The number of rotatable bonds is 8. The maximum Gasteiger partial charge on any atom is 0.338 e. The standard InChI is InChI=1S/C20H22Cl2N2O5S/c1-4-24(5-2)30(27,28)16-9-6-14(7-10-16)20(26)29-13(3)19(25)23-18-11-8-15(21)12-17(18)22/h6-13H,4-5H2,1-3H3,(H,23,25)/t13-/m1/s1. The van der Waals surface area contributed by atoms with Crippen LogP contribution in [0.4, 0.5) is 5.69 Å². The second kappa shape index (κ2) is 10.3. The Morgan fingerprint density at radius 1 is 1.07 bits per heavy atom. The number of sulfonamides is 1. The molecule has 0 fully saturated rings. The van der Waals surface area contributed by atoms with Crippen molar-refractivity contribution >= 4 is 50.8 Å². The van der Waals surface area contributed by atoms with E-state index in [1.807, 2.05) is 0 Å². The number of ether oxygens (including phenoxy) is 1. The van der Waals surface area contributed by atoms with Gasteiger partial charge in [-0.25, -0.2) is 13.2 Å². The third-order valence-corrected chi connectivity index (χ3v) is 6.89. The zero-order chi connectivity index (χ0) is 22.5. The van der Waals surface area contributed by atoms with Crippen LogP contribution in [-0.4, -0.2) is 43.8 Å². The average molecular weight is 473 g/mol. The van der Waals surface area contributed by atoms with Crippen molar-refractivity contribution in [1.29, 1.82) is 0 Å². The first-order valence-electron chi connectivity index (χ1n) is 9.17. The number of benzene rings is 2. The molecule has 7 nitrogen and oxygen atoms in total. The molecule has 2 rings (SSSR count). The van der Waals surface area contributed by atoms with Gasteiger partial charge in [-0.3, -0.25) is 4.79 Å². The quantitative estimate of drug-likeness (QED) is 0.580. The van der Waals surface area contributed by atoms with Crippen molar-refractivity contribution in [1.82, 2.24) is 4.31 Å². The molecule has 2 aromatic rings. The van der Waals surface area contributed by atoms with Gasteiger partial charge in [0.05, 0.1) is 21.2 Å². The highest BCUT2D eigenvalue weighted by atomic mass is 35.5. The monoisotopic (exact) mass is 472 g/mol. The summed E-state index contributed by atoms with van der Waals surface area (Å²) in [6, 6.07) is 9.94. The Labute approximate surface area is 186 Å². The molecule has 0 aliphatic heterocycles. The van der Waals surface area contributed by atoms with E-state index in [9.17, 15) is 18.0 Å². The van der Waals surface area contributed by atoms with E-state index in [4.69, 9.17) is 27.9 Å². The highest BCUT2D eigenvalue weighted by Gasteiger charge is 2.23. The smallest absolute Gasteiger partial charge is 0.338 e. The second-order valence-electron chi connectivity index (χ2n) is 6.27. The van der Waals surface area contributed by atoms with Crippen LogP contribution in [0.5, 0.6) is 0 Å². The molecule has 0 aliphatic carbocycles. The van der Waals surface area contributed by atoms with E-state index in [2.05, 4.69) is 5.32 Å². The predicted molar refractivity (Wildman–Crippen MR) is 117 cm³/mol. The molecule has 0 aromatic heterocycles. The Bertz CT molecular complexity index is 1020. The van der Waals surface area contributed by atoms with Crippen LogP contribution in [0, 0.1) is 0 Å². The lowest BCUT2D eigenvalue weighted by Crippen LogP contribution is -2.31. The fraction of sp³-hybridized carbons (Fsp3) is 0.300. The van der Waals surface area contributed by atoms with E-state index < -0.39 is 28.0 Å². The Balaban J connectivity index is 2.05. The summed E-state index contributed by atoms with van der Waals surface area (Å²) in [5, 5.41) is 3.23. The lowest BCUT2D eigenvalue weighted by molar-refractivity contribution is -0.123. The van der Waals surface area contributed by atoms with Gasteiger partial charge in [-0.2, -0.15) is 4.31 Å². The molecule has 0 radical (unpaired) electrons. The van der Waals surface area contributed by atoms with E-state index in [1.165, 1.54) is 47.6 Å². The molecule has 1 amide bonds. The summed E-state index contributed by atoms with van der Waals surface area (Å²) in [5.41, 5.74) is 0.456. The molecule has 1 N–H and O–H groups in total. The molecule has 30 heavy (non-hydrogen) atoms. The molecule has 0 unspecified atom stereocenters. The SMILES string of the molecule is CCN(CC)S(=O)(=O)c1ccc(C(=O)O[C@H](C)C(=O)Nc2ccc(Cl)cc2Cl)cc1. The fourth-order valence-corrected chi connectivity index (χ4v) is 4.50. The van der Waals surface area contributed by atoms with Crippen molar-refractivity contribution in [3.05, 3.63) is 58.1 Å². The summed E-state index contributed by atoms with van der Waals surface area (Å²) >= 11 is 11.8. The van der Waals surface area contributed by atoms with Crippen LogP contribution in [0.1, 0.15) is 31.1 Å². The van der Waals surface area contributed by atoms with Crippen molar-refractivity contribution in [2.45, 2.75) is 31.8 Å². The first kappa shape index (κ1) is 24.1. The van der Waals surface area contributed by atoms with Gasteiger partial charge in [-0.1, -0.05) is 37.0 Å². The molecule has 0 bridgehead atoms. The van der Waals surface area contributed by atoms with E-state index in [0.29, 0.717) is 23.8 Å². The molecule has 1 atom stereocenters. The van der Waals surface area contributed by atoms with Gasteiger partial charge in [-0.05, 0) is 49.4 Å². The summed E-state index contributed by atoms with van der Waals surface area (Å²) in [5.74, 6) is -1.33. The van der Waals surface area contributed by atoms with Crippen LogP contribution in [0.2, 0.25) is 10.0 Å². The third-order valence-electron chi connectivity index (χ3n) is 4.28. The maximum absolute atomic E-state index is 12.5. The number of hydrogen-bond donors (Lipinski definition) is 1. The zero-order valence-electron chi connectivity index (χ0n) is 16.7. The molecule has 0 saturated carbocycles. The van der Waals surface area contributed by atoms with Gasteiger partial charge in [0.15, 0.2) is 6.10 Å². The molecule has 0 aliphatic rings. The molecular formula is C20H22Cl2N2O5S. The minimum absolute atomic E-state index is 0.0749. The summed E-state index contributed by atoms with van der Waals surface area (Å²) in [6.45, 7) is 5.59. The van der Waals surface area contributed by atoms with E-state index in [0.717, 1.165) is 0 Å². The molecule has 0 heterocycles. The van der Waals surface area contributed by atoms with Gasteiger partial charge in [0.2, 0.25) is 10.0 Å². The van der Waals surface area contributed by atoms with Crippen LogP contribution < -0.4 is 5.32 Å². The fourth-order valence-electron chi connectivity index (χ4n) is 2.58. The summed E-state index contributed by atoms with van der Waals surface area (Å²) in [6.07, 6.45) is -1.11. The number of esters is 1. The van der Waals surface area contributed by atoms with E-state index >= 15 is 0 Å². The van der Waals surface area contributed by atoms with Crippen LogP contribution >= 0.6 is 23.2 Å². The van der Waals surface area contributed by atoms with Crippen molar-refractivity contribution in [3.63, 3.8) is 0 Å². The third kappa shape index (κ3) is 5.72. The van der Waals surface area contributed by atoms with Crippen LogP contribution in [-0.2, 0) is 19.6 Å². The Morgan fingerprint density at radius 3 is 2.20 bits per heavy atom. The Morgan fingerprint density at radius 2 is 1.67 bits per heavy atom. The van der Waals surface area contributed by atoms with Gasteiger partial charge < -0.3 is 10.1 Å². The second-order valence-corrected chi connectivity index (χ2v) is 9.06. The normalized spacial score (nSPS) is 12.5. The van der Waals surface area contributed by atoms with Crippen molar-refractivity contribution in [3.8, 4) is 0 Å². The topological polar surface area (TPSA) is 92.8 Å². The Hall–Kier alpha value is -2.13. The van der Waals surface area contributed by atoms with Crippen molar-refractivity contribution in [2.75, 3.05) is 18.4 Å².